The van der Waals surface area contributed by atoms with E-state index in [4.69, 9.17) is 15.0 Å². The molecule has 0 aliphatic carbocycles. The topological polar surface area (TPSA) is 87.1 Å². The molecule has 0 aliphatic heterocycles. The van der Waals surface area contributed by atoms with Crippen LogP contribution in [0.2, 0.25) is 0 Å². The third-order valence-corrected chi connectivity index (χ3v) is 2.39. The summed E-state index contributed by atoms with van der Waals surface area (Å²) in [6.07, 6.45) is 3.19. The van der Waals surface area contributed by atoms with E-state index in [0.717, 1.165) is 18.5 Å². The van der Waals surface area contributed by atoms with Gasteiger partial charge in [-0.25, -0.2) is 0 Å². The van der Waals surface area contributed by atoms with Gasteiger partial charge >= 0.3 is 0 Å². The summed E-state index contributed by atoms with van der Waals surface area (Å²) in [4.78, 5) is 8.38. The van der Waals surface area contributed by atoms with Crippen LogP contribution in [0.1, 0.15) is 24.3 Å². The maximum atomic E-state index is 5.49. The Morgan fingerprint density at radius 3 is 2.89 bits per heavy atom. The van der Waals surface area contributed by atoms with Gasteiger partial charge in [-0.3, -0.25) is 4.98 Å². The van der Waals surface area contributed by atoms with E-state index in [2.05, 4.69) is 15.1 Å². The molecule has 0 spiro atoms. The Bertz CT molecular complexity index is 481. The van der Waals surface area contributed by atoms with Crippen molar-refractivity contribution in [1.29, 1.82) is 0 Å². The highest BCUT2D eigenvalue weighted by molar-refractivity contribution is 5.20. The van der Waals surface area contributed by atoms with Crippen molar-refractivity contribution in [2.45, 2.75) is 26.4 Å². The van der Waals surface area contributed by atoms with E-state index in [1.54, 1.807) is 6.20 Å². The van der Waals surface area contributed by atoms with Gasteiger partial charge in [-0.1, -0.05) is 12.1 Å². The number of nitrogens with two attached hydrogens (primary N) is 1. The molecule has 2 heterocycles. The van der Waals surface area contributed by atoms with E-state index < -0.39 is 0 Å². The standard InChI is InChI=1S/C12H16N4O2/c1-2-11-15-12(18-16-11)8-17-10-4-3-9(5-6-13)14-7-10/h3-4,7H,2,5-6,8,13H2,1H3. The number of rotatable bonds is 6. The molecule has 0 fully saturated rings. The van der Waals surface area contributed by atoms with Crippen LogP contribution < -0.4 is 10.5 Å². The first-order chi connectivity index (χ1) is 8.81. The van der Waals surface area contributed by atoms with Crippen molar-refractivity contribution < 1.29 is 9.26 Å². The van der Waals surface area contributed by atoms with Gasteiger partial charge in [-0.05, 0) is 18.7 Å². The van der Waals surface area contributed by atoms with Crippen molar-refractivity contribution in [2.75, 3.05) is 6.54 Å². The smallest absolute Gasteiger partial charge is 0.264 e. The van der Waals surface area contributed by atoms with Crippen LogP contribution in [0.5, 0.6) is 5.75 Å². The second kappa shape index (κ2) is 6.11. The minimum absolute atomic E-state index is 0.255. The van der Waals surface area contributed by atoms with Gasteiger partial charge in [0, 0.05) is 18.5 Å². The summed E-state index contributed by atoms with van der Waals surface area (Å²) >= 11 is 0. The monoisotopic (exact) mass is 248 g/mol. The minimum atomic E-state index is 0.255. The predicted molar refractivity (Wildman–Crippen MR) is 65.0 cm³/mol. The number of hydrogen-bond acceptors (Lipinski definition) is 6. The van der Waals surface area contributed by atoms with Crippen molar-refractivity contribution >= 4 is 0 Å². The van der Waals surface area contributed by atoms with Crippen molar-refractivity contribution in [1.82, 2.24) is 15.1 Å². The van der Waals surface area contributed by atoms with Gasteiger partial charge in [-0.15, -0.1) is 0 Å². The SMILES string of the molecule is CCc1noc(COc2ccc(CCN)nc2)n1. The Morgan fingerprint density at radius 2 is 2.28 bits per heavy atom. The Hall–Kier alpha value is -1.95. The fraction of sp³-hybridized carbons (Fsp3) is 0.417. The summed E-state index contributed by atoms with van der Waals surface area (Å²) in [5, 5.41) is 3.79. The van der Waals surface area contributed by atoms with Crippen molar-refractivity contribution in [2.24, 2.45) is 5.73 Å². The third kappa shape index (κ3) is 3.27. The van der Waals surface area contributed by atoms with Gasteiger partial charge in [0.2, 0.25) is 0 Å². The molecule has 0 bridgehead atoms. The number of hydrogen-bond donors (Lipinski definition) is 1. The molecule has 0 atom stereocenters. The molecule has 2 N–H and O–H groups in total. The van der Waals surface area contributed by atoms with Crippen molar-refractivity contribution in [3.8, 4) is 5.75 Å². The van der Waals surface area contributed by atoms with Gasteiger partial charge < -0.3 is 15.0 Å². The highest BCUT2D eigenvalue weighted by Gasteiger charge is 2.05. The van der Waals surface area contributed by atoms with Crippen LogP contribution in [0.25, 0.3) is 0 Å². The molecule has 96 valence electrons. The summed E-state index contributed by atoms with van der Waals surface area (Å²) in [5.41, 5.74) is 6.40. The number of pyridine rings is 1. The number of aromatic nitrogens is 3. The van der Waals surface area contributed by atoms with Gasteiger partial charge in [0.1, 0.15) is 5.75 Å². The van der Waals surface area contributed by atoms with Crippen LogP contribution >= 0.6 is 0 Å². The maximum absolute atomic E-state index is 5.49. The summed E-state index contributed by atoms with van der Waals surface area (Å²) < 4.78 is 10.5. The van der Waals surface area contributed by atoms with Crippen LogP contribution in [-0.4, -0.2) is 21.7 Å². The number of aryl methyl sites for hydroxylation is 1. The largest absolute Gasteiger partial charge is 0.482 e. The Labute approximate surface area is 105 Å². The molecule has 0 saturated carbocycles. The van der Waals surface area contributed by atoms with Gasteiger partial charge in [0.25, 0.3) is 5.89 Å². The maximum Gasteiger partial charge on any atom is 0.264 e. The quantitative estimate of drug-likeness (QED) is 0.823. The minimum Gasteiger partial charge on any atom is -0.482 e. The lowest BCUT2D eigenvalue weighted by Gasteiger charge is -2.03. The molecule has 0 saturated heterocycles. The van der Waals surface area contributed by atoms with Crippen LogP contribution in [-0.2, 0) is 19.4 Å². The summed E-state index contributed by atoms with van der Waals surface area (Å²) in [6, 6.07) is 3.75. The number of ether oxygens (including phenoxy) is 1. The fourth-order valence-electron chi connectivity index (χ4n) is 1.43. The summed E-state index contributed by atoms with van der Waals surface area (Å²) in [7, 11) is 0. The second-order valence-electron chi connectivity index (χ2n) is 3.77. The lowest BCUT2D eigenvalue weighted by Crippen LogP contribution is -2.04. The predicted octanol–water partition coefficient (Wildman–Crippen LogP) is 1.11. The molecule has 0 amide bonds. The zero-order chi connectivity index (χ0) is 12.8. The average molecular weight is 248 g/mol. The molecule has 0 unspecified atom stereocenters. The molecule has 0 radical (unpaired) electrons. The summed E-state index contributed by atoms with van der Waals surface area (Å²) in [6.45, 7) is 2.81. The first-order valence-corrected chi connectivity index (χ1v) is 5.91. The second-order valence-corrected chi connectivity index (χ2v) is 3.77. The molecule has 2 aromatic heterocycles. The molecular formula is C12H16N4O2. The Balaban J connectivity index is 1.89. The molecule has 0 aliphatic rings. The molecule has 0 aromatic carbocycles. The molecule has 6 nitrogen and oxygen atoms in total. The zero-order valence-corrected chi connectivity index (χ0v) is 10.3. The molecule has 2 aromatic rings. The van der Waals surface area contributed by atoms with E-state index in [-0.39, 0.29) is 6.61 Å². The first-order valence-electron chi connectivity index (χ1n) is 5.91. The Kier molecular flexibility index (Phi) is 4.25. The fourth-order valence-corrected chi connectivity index (χ4v) is 1.43. The molecule has 2 rings (SSSR count). The van der Waals surface area contributed by atoms with Crippen LogP contribution in [0.15, 0.2) is 22.9 Å². The van der Waals surface area contributed by atoms with E-state index in [0.29, 0.717) is 24.0 Å². The average Bonchev–Trinajstić information content (AvgIpc) is 2.86. The molecular weight excluding hydrogens is 232 g/mol. The van der Waals surface area contributed by atoms with E-state index in [9.17, 15) is 0 Å². The highest BCUT2D eigenvalue weighted by Crippen LogP contribution is 2.11. The van der Waals surface area contributed by atoms with Crippen LogP contribution in [0.3, 0.4) is 0 Å². The highest BCUT2D eigenvalue weighted by atomic mass is 16.5. The van der Waals surface area contributed by atoms with Gasteiger partial charge in [-0.2, -0.15) is 4.98 Å². The van der Waals surface area contributed by atoms with Crippen LogP contribution in [0.4, 0.5) is 0 Å². The first kappa shape index (κ1) is 12.5. The van der Waals surface area contributed by atoms with E-state index in [1.165, 1.54) is 0 Å². The molecule has 6 heteroatoms. The van der Waals surface area contributed by atoms with Gasteiger partial charge in [0.05, 0.1) is 6.20 Å². The van der Waals surface area contributed by atoms with Gasteiger partial charge in [0.15, 0.2) is 12.4 Å². The zero-order valence-electron chi connectivity index (χ0n) is 10.3. The number of nitrogens with zero attached hydrogens (tertiary/aromatic N) is 3. The van der Waals surface area contributed by atoms with E-state index >= 15 is 0 Å². The molecule has 18 heavy (non-hydrogen) atoms. The lowest BCUT2D eigenvalue weighted by atomic mass is 10.3. The van der Waals surface area contributed by atoms with Crippen molar-refractivity contribution in [3.63, 3.8) is 0 Å². The lowest BCUT2D eigenvalue weighted by molar-refractivity contribution is 0.241. The van der Waals surface area contributed by atoms with Crippen LogP contribution in [0, 0.1) is 0 Å². The van der Waals surface area contributed by atoms with Crippen molar-refractivity contribution in [3.05, 3.63) is 35.7 Å². The third-order valence-electron chi connectivity index (χ3n) is 2.39. The van der Waals surface area contributed by atoms with E-state index in [1.807, 2.05) is 19.1 Å². The Morgan fingerprint density at radius 1 is 1.39 bits per heavy atom. The summed E-state index contributed by atoms with van der Waals surface area (Å²) in [5.74, 6) is 1.83. The normalized spacial score (nSPS) is 10.6.